The molecule has 0 spiro atoms. The molecule has 5 atom stereocenters. The highest BCUT2D eigenvalue weighted by Gasteiger charge is 2.49. The van der Waals surface area contributed by atoms with E-state index < -0.39 is 74.8 Å². The maximum Gasteiger partial charge on any atom is 0.469 e. The number of nitrogens with zero attached hydrogens (tertiary/aromatic N) is 5. The van der Waals surface area contributed by atoms with Crippen molar-refractivity contribution in [3.63, 3.8) is 0 Å². The number of aryl methyl sites for hydroxylation is 1. The highest BCUT2D eigenvalue weighted by molar-refractivity contribution is 7.46. The van der Waals surface area contributed by atoms with Crippen LogP contribution in [0.1, 0.15) is 29.6 Å². The van der Waals surface area contributed by atoms with Crippen LogP contribution in [0.25, 0.3) is 11.2 Å². The topological polar surface area (TPSA) is 235 Å². The molecule has 1 saturated heterocycles. The van der Waals surface area contributed by atoms with Crippen LogP contribution in [0, 0.1) is 0 Å². The molecular formula is C23H29N5O13P+. The lowest BCUT2D eigenvalue weighted by molar-refractivity contribution is -0.765. The second kappa shape index (κ2) is 12.2. The summed E-state index contributed by atoms with van der Waals surface area (Å²) in [5, 5.41) is 20.6. The van der Waals surface area contributed by atoms with Crippen molar-refractivity contribution in [2.24, 2.45) is 7.05 Å². The van der Waals surface area contributed by atoms with Crippen LogP contribution in [0.15, 0.2) is 40.4 Å². The molecule has 4 N–H and O–H groups in total. The van der Waals surface area contributed by atoms with E-state index in [0.717, 1.165) is 9.13 Å². The summed E-state index contributed by atoms with van der Waals surface area (Å²) in [6.45, 7) is 0.0878. The molecule has 0 aromatic carbocycles. The number of carbonyl (C=O) groups is 2. The number of aromatic nitrogens is 5. The summed E-state index contributed by atoms with van der Waals surface area (Å²) in [7, 11) is -2.25. The van der Waals surface area contributed by atoms with Gasteiger partial charge in [0.1, 0.15) is 30.4 Å². The van der Waals surface area contributed by atoms with Crippen LogP contribution in [0.3, 0.4) is 0 Å². The van der Waals surface area contributed by atoms with Gasteiger partial charge in [0, 0.05) is 13.1 Å². The van der Waals surface area contributed by atoms with Crippen molar-refractivity contribution in [3.8, 4) is 0 Å². The number of rotatable bonds is 10. The number of carbonyl (C=O) groups excluding carboxylic acids is 2. The molecule has 1 fully saturated rings. The minimum atomic E-state index is -4.85. The fourth-order valence-corrected chi connectivity index (χ4v) is 4.77. The molecule has 0 bridgehead atoms. The molecule has 18 nitrogen and oxygen atoms in total. The fraction of sp³-hybridized carbons (Fsp3) is 0.478. The molecule has 0 saturated carbocycles. The SMILES string of the molecule is COC(=O)C(C)n1cnc2c1c(=O)n(CCOC(=O)c1ccc[n+]([C@@H]3O[C@H](COP(=O)(O)O)[C@@H](O)[C@H]3O)c1)c(=O)n2C. The van der Waals surface area contributed by atoms with Gasteiger partial charge < -0.3 is 38.8 Å². The number of esters is 2. The van der Waals surface area contributed by atoms with Gasteiger partial charge in [-0.05, 0) is 13.0 Å². The van der Waals surface area contributed by atoms with Crippen LogP contribution in [0.2, 0.25) is 0 Å². The smallest absolute Gasteiger partial charge is 0.467 e. The Bertz CT molecular complexity index is 1660. The number of hydrogen-bond donors (Lipinski definition) is 4. The van der Waals surface area contributed by atoms with Gasteiger partial charge in [-0.3, -0.25) is 18.5 Å². The molecule has 1 unspecified atom stereocenters. The van der Waals surface area contributed by atoms with Gasteiger partial charge in [0.05, 0.1) is 26.6 Å². The highest BCUT2D eigenvalue weighted by Crippen LogP contribution is 2.37. The second-order valence-corrected chi connectivity index (χ2v) is 10.6. The van der Waals surface area contributed by atoms with E-state index in [1.54, 1.807) is 0 Å². The average Bonchev–Trinajstić information content (AvgIpc) is 3.53. The Labute approximate surface area is 236 Å². The molecule has 4 heterocycles. The highest BCUT2D eigenvalue weighted by atomic mass is 31.2. The summed E-state index contributed by atoms with van der Waals surface area (Å²) in [4.78, 5) is 72.6. The van der Waals surface area contributed by atoms with Gasteiger partial charge in [-0.1, -0.05) is 0 Å². The van der Waals surface area contributed by atoms with E-state index >= 15 is 0 Å². The maximum absolute atomic E-state index is 13.2. The van der Waals surface area contributed by atoms with Crippen molar-refractivity contribution in [2.75, 3.05) is 20.3 Å². The summed E-state index contributed by atoms with van der Waals surface area (Å²) < 4.78 is 35.3. The minimum Gasteiger partial charge on any atom is -0.467 e. The predicted molar refractivity (Wildman–Crippen MR) is 137 cm³/mol. The Morgan fingerprint density at radius 3 is 2.62 bits per heavy atom. The summed E-state index contributed by atoms with van der Waals surface area (Å²) in [6, 6.07) is 1.91. The maximum atomic E-state index is 13.2. The van der Waals surface area contributed by atoms with Crippen LogP contribution in [-0.2, 0) is 41.7 Å². The molecule has 19 heteroatoms. The van der Waals surface area contributed by atoms with Crippen molar-refractivity contribution in [1.82, 2.24) is 18.7 Å². The number of pyridine rings is 1. The summed E-state index contributed by atoms with van der Waals surface area (Å²) in [6.07, 6.45) is -1.66. The normalized spacial score (nSPS) is 21.4. The first-order valence-corrected chi connectivity index (χ1v) is 13.9. The zero-order valence-corrected chi connectivity index (χ0v) is 23.4. The van der Waals surface area contributed by atoms with E-state index in [1.807, 2.05) is 0 Å². The second-order valence-electron chi connectivity index (χ2n) is 9.33. The lowest BCUT2D eigenvalue weighted by Gasteiger charge is -2.13. The average molecular weight is 614 g/mol. The predicted octanol–water partition coefficient (Wildman–Crippen LogP) is -2.50. The van der Waals surface area contributed by atoms with Gasteiger partial charge in [-0.25, -0.2) is 23.9 Å². The van der Waals surface area contributed by atoms with Crippen LogP contribution < -0.4 is 15.8 Å². The number of fused-ring (bicyclic) bond motifs is 1. The molecule has 1 aliphatic rings. The molecule has 0 radical (unpaired) electrons. The zero-order chi connectivity index (χ0) is 30.9. The number of phosphoric ester groups is 1. The molecule has 0 aliphatic carbocycles. The van der Waals surface area contributed by atoms with Crippen molar-refractivity contribution in [2.45, 2.75) is 44.1 Å². The van der Waals surface area contributed by atoms with Crippen molar-refractivity contribution >= 4 is 30.9 Å². The first-order valence-electron chi connectivity index (χ1n) is 12.4. The first kappa shape index (κ1) is 31.2. The number of phosphoric acid groups is 1. The lowest BCUT2D eigenvalue weighted by Crippen LogP contribution is -2.46. The van der Waals surface area contributed by atoms with Gasteiger partial charge >= 0.3 is 25.5 Å². The summed E-state index contributed by atoms with van der Waals surface area (Å²) in [5.74, 6) is -1.48. The minimum absolute atomic E-state index is 0.0154. The Hall–Kier alpha value is -3.77. The largest absolute Gasteiger partial charge is 0.469 e. The van der Waals surface area contributed by atoms with Crippen molar-refractivity contribution in [3.05, 3.63) is 57.3 Å². The van der Waals surface area contributed by atoms with E-state index in [-0.39, 0.29) is 23.3 Å². The van der Waals surface area contributed by atoms with E-state index in [2.05, 4.69) is 9.51 Å². The van der Waals surface area contributed by atoms with Gasteiger partial charge in [-0.15, -0.1) is 0 Å². The van der Waals surface area contributed by atoms with Gasteiger partial charge in [0.15, 0.2) is 29.7 Å². The Morgan fingerprint density at radius 1 is 1.24 bits per heavy atom. The molecule has 3 aromatic heterocycles. The van der Waals surface area contributed by atoms with E-state index in [1.165, 1.54) is 61.1 Å². The standard InChI is InChI=1S/C23H28N5O13P/c1-12(21(32)38-3)28-11-24-18-15(28)19(31)27(23(34)25(18)2)7-8-39-22(33)13-5-4-6-26(9-13)20-17(30)16(29)14(41-20)10-40-42(35,36)37/h4-6,9,11-12,14,16-17,20,29-30H,7-8,10H2,1-3H3,(H-,35,36,37)/p+1/t12?,14-,16-,17-,20-/m1/s1. The van der Waals surface area contributed by atoms with E-state index in [4.69, 9.17) is 24.0 Å². The van der Waals surface area contributed by atoms with E-state index in [9.17, 15) is 34.0 Å². The third-order valence-corrected chi connectivity index (χ3v) is 7.15. The summed E-state index contributed by atoms with van der Waals surface area (Å²) >= 11 is 0. The van der Waals surface area contributed by atoms with Crippen molar-refractivity contribution < 1.29 is 57.5 Å². The third-order valence-electron chi connectivity index (χ3n) is 6.66. The van der Waals surface area contributed by atoms with Crippen LogP contribution >= 0.6 is 7.82 Å². The summed E-state index contributed by atoms with van der Waals surface area (Å²) in [5.41, 5.74) is -1.45. The first-order chi connectivity index (χ1) is 19.7. The number of imidazole rings is 1. The molecule has 228 valence electrons. The number of hydrogen-bond acceptors (Lipinski definition) is 12. The molecule has 0 amide bonds. The van der Waals surface area contributed by atoms with Gasteiger partial charge in [0.2, 0.25) is 0 Å². The van der Waals surface area contributed by atoms with Crippen LogP contribution in [-0.4, -0.2) is 89.3 Å². The monoisotopic (exact) mass is 614 g/mol. The Kier molecular flexibility index (Phi) is 9.07. The Morgan fingerprint density at radius 2 is 1.95 bits per heavy atom. The molecule has 42 heavy (non-hydrogen) atoms. The van der Waals surface area contributed by atoms with Crippen molar-refractivity contribution in [1.29, 1.82) is 0 Å². The number of methoxy groups -OCH3 is 1. The van der Waals surface area contributed by atoms with Gasteiger partial charge in [0.25, 0.3) is 11.8 Å². The van der Waals surface area contributed by atoms with E-state index in [0.29, 0.717) is 0 Å². The van der Waals surface area contributed by atoms with Crippen LogP contribution in [0.5, 0.6) is 0 Å². The Balaban J connectivity index is 1.48. The zero-order valence-electron chi connectivity index (χ0n) is 22.5. The number of aliphatic hydroxyl groups excluding tert-OH is 2. The van der Waals surface area contributed by atoms with Gasteiger partial charge in [-0.2, -0.15) is 4.57 Å². The lowest BCUT2D eigenvalue weighted by atomic mass is 10.1. The number of ether oxygens (including phenoxy) is 3. The number of aliphatic hydroxyl groups is 2. The quantitative estimate of drug-likeness (QED) is 0.105. The van der Waals surface area contributed by atoms with Crippen LogP contribution in [0.4, 0.5) is 0 Å². The third kappa shape index (κ3) is 6.19. The fourth-order valence-electron chi connectivity index (χ4n) is 4.43. The molecule has 1 aliphatic heterocycles. The molecular weight excluding hydrogens is 585 g/mol. The molecule has 4 rings (SSSR count). The molecule has 3 aromatic rings.